The molecule has 0 spiro atoms. The topological polar surface area (TPSA) is 72.7 Å². The van der Waals surface area contributed by atoms with Crippen molar-refractivity contribution in [2.45, 2.75) is 12.5 Å². The molecule has 2 aromatic rings. The van der Waals surface area contributed by atoms with Crippen LogP contribution in [0.3, 0.4) is 0 Å². The van der Waals surface area contributed by atoms with E-state index in [-0.39, 0.29) is 24.3 Å². The fraction of sp³-hybridized carbons (Fsp3) is 0.235. The summed E-state index contributed by atoms with van der Waals surface area (Å²) in [4.78, 5) is 24.0. The maximum Gasteiger partial charge on any atom is 0.410 e. The van der Waals surface area contributed by atoms with Gasteiger partial charge in [0, 0.05) is 35.6 Å². The molecule has 2 aromatic carbocycles. The van der Waals surface area contributed by atoms with Gasteiger partial charge in [-0.05, 0) is 11.1 Å². The average molecular weight is 391 g/mol. The molecule has 0 N–H and O–H groups in total. The number of likely N-dealkylation sites (tertiary alicyclic amines) is 1. The van der Waals surface area contributed by atoms with Gasteiger partial charge in [-0.25, -0.2) is 4.79 Å². The first kappa shape index (κ1) is 16.4. The number of nitro benzene ring substituents is 1. The molecule has 1 heterocycles. The lowest BCUT2D eigenvalue weighted by molar-refractivity contribution is -0.384. The molecule has 1 fully saturated rings. The molecule has 3 rings (SSSR count). The standard InChI is InChI=1S/C17H15BrN2O4/c18-16-8-14(20(22)23)6-7-15(16)13-9-19(10-13)17(21)24-11-12-4-2-1-3-5-12/h1-8,13H,9-11H2. The number of carbonyl (C=O) groups is 1. The summed E-state index contributed by atoms with van der Waals surface area (Å²) >= 11 is 3.37. The number of amides is 1. The van der Waals surface area contributed by atoms with Gasteiger partial charge in [-0.3, -0.25) is 10.1 Å². The van der Waals surface area contributed by atoms with Crippen molar-refractivity contribution in [2.24, 2.45) is 0 Å². The van der Waals surface area contributed by atoms with Gasteiger partial charge in [0.2, 0.25) is 0 Å². The quantitative estimate of drug-likeness (QED) is 0.581. The Balaban J connectivity index is 1.53. The zero-order valence-corrected chi connectivity index (χ0v) is 14.3. The van der Waals surface area contributed by atoms with Crippen LogP contribution in [-0.4, -0.2) is 29.0 Å². The number of nitro groups is 1. The molecule has 1 saturated heterocycles. The van der Waals surface area contributed by atoms with Crippen molar-refractivity contribution < 1.29 is 14.5 Å². The van der Waals surface area contributed by atoms with Crippen molar-refractivity contribution in [3.8, 4) is 0 Å². The number of carbonyl (C=O) groups excluding carboxylic acids is 1. The predicted molar refractivity (Wildman–Crippen MR) is 91.7 cm³/mol. The molecule has 0 atom stereocenters. The third-order valence-corrected chi connectivity index (χ3v) is 4.67. The highest BCUT2D eigenvalue weighted by atomic mass is 79.9. The largest absolute Gasteiger partial charge is 0.445 e. The molecule has 124 valence electrons. The minimum atomic E-state index is -0.428. The molecule has 1 aliphatic rings. The Labute approximate surface area is 147 Å². The van der Waals surface area contributed by atoms with Crippen LogP contribution in [-0.2, 0) is 11.3 Å². The van der Waals surface area contributed by atoms with Gasteiger partial charge in [-0.15, -0.1) is 0 Å². The molecule has 0 unspecified atom stereocenters. The number of non-ortho nitro benzene ring substituents is 1. The Morgan fingerprint density at radius 1 is 1.25 bits per heavy atom. The maximum absolute atomic E-state index is 12.0. The number of rotatable bonds is 4. The van der Waals surface area contributed by atoms with E-state index in [1.165, 1.54) is 12.1 Å². The van der Waals surface area contributed by atoms with Crippen LogP contribution in [0.4, 0.5) is 10.5 Å². The number of hydrogen-bond donors (Lipinski definition) is 0. The lowest BCUT2D eigenvalue weighted by Gasteiger charge is -2.38. The number of nitrogens with zero attached hydrogens (tertiary/aromatic N) is 2. The minimum Gasteiger partial charge on any atom is -0.445 e. The molecule has 0 aromatic heterocycles. The van der Waals surface area contributed by atoms with E-state index in [0.717, 1.165) is 11.1 Å². The van der Waals surface area contributed by atoms with Crippen LogP contribution in [0.5, 0.6) is 0 Å². The van der Waals surface area contributed by atoms with Gasteiger partial charge in [0.1, 0.15) is 6.61 Å². The molecule has 1 amide bonds. The van der Waals surface area contributed by atoms with Gasteiger partial charge < -0.3 is 9.64 Å². The van der Waals surface area contributed by atoms with Crippen LogP contribution in [0.1, 0.15) is 17.0 Å². The van der Waals surface area contributed by atoms with Gasteiger partial charge in [0.25, 0.3) is 5.69 Å². The summed E-state index contributed by atoms with van der Waals surface area (Å²) in [6.07, 6.45) is -0.340. The van der Waals surface area contributed by atoms with Crippen LogP contribution in [0.2, 0.25) is 0 Å². The second-order valence-corrected chi connectivity index (χ2v) is 6.46. The number of halogens is 1. The summed E-state index contributed by atoms with van der Waals surface area (Å²) < 4.78 is 5.98. The van der Waals surface area contributed by atoms with Gasteiger partial charge >= 0.3 is 6.09 Å². The van der Waals surface area contributed by atoms with Crippen molar-refractivity contribution in [2.75, 3.05) is 13.1 Å². The smallest absolute Gasteiger partial charge is 0.410 e. The third kappa shape index (κ3) is 3.56. The van der Waals surface area contributed by atoms with E-state index in [9.17, 15) is 14.9 Å². The molecule has 0 aliphatic carbocycles. The Kier molecular flexibility index (Phi) is 4.80. The van der Waals surface area contributed by atoms with E-state index in [4.69, 9.17) is 4.74 Å². The minimum absolute atomic E-state index is 0.0454. The molecule has 0 radical (unpaired) electrons. The van der Waals surface area contributed by atoms with E-state index in [1.807, 2.05) is 30.3 Å². The summed E-state index contributed by atoms with van der Waals surface area (Å²) in [5.41, 5.74) is 1.96. The van der Waals surface area contributed by atoms with Crippen LogP contribution in [0.15, 0.2) is 53.0 Å². The van der Waals surface area contributed by atoms with Crippen LogP contribution in [0.25, 0.3) is 0 Å². The zero-order chi connectivity index (χ0) is 17.1. The molecule has 1 aliphatic heterocycles. The summed E-state index contributed by atoms with van der Waals surface area (Å²) in [6.45, 7) is 1.34. The Hall–Kier alpha value is -2.41. The summed E-state index contributed by atoms with van der Waals surface area (Å²) in [5, 5.41) is 10.8. The molecule has 24 heavy (non-hydrogen) atoms. The Morgan fingerprint density at radius 2 is 1.96 bits per heavy atom. The number of benzene rings is 2. The van der Waals surface area contributed by atoms with Crippen molar-refractivity contribution >= 4 is 27.7 Å². The normalized spacial score (nSPS) is 14.1. The van der Waals surface area contributed by atoms with Crippen molar-refractivity contribution in [3.05, 3.63) is 74.2 Å². The van der Waals surface area contributed by atoms with Crippen LogP contribution < -0.4 is 0 Å². The highest BCUT2D eigenvalue weighted by Crippen LogP contribution is 2.34. The van der Waals surface area contributed by atoms with Gasteiger partial charge in [0.05, 0.1) is 4.92 Å². The van der Waals surface area contributed by atoms with E-state index >= 15 is 0 Å². The van der Waals surface area contributed by atoms with E-state index in [1.54, 1.807) is 11.0 Å². The summed E-state index contributed by atoms with van der Waals surface area (Å²) in [6, 6.07) is 14.2. The summed E-state index contributed by atoms with van der Waals surface area (Å²) in [7, 11) is 0. The molecule has 6 nitrogen and oxygen atoms in total. The van der Waals surface area contributed by atoms with Gasteiger partial charge in [-0.1, -0.05) is 52.3 Å². The second-order valence-electron chi connectivity index (χ2n) is 5.61. The highest BCUT2D eigenvalue weighted by molar-refractivity contribution is 9.10. The van der Waals surface area contributed by atoms with E-state index in [0.29, 0.717) is 17.6 Å². The summed E-state index contributed by atoms with van der Waals surface area (Å²) in [5.74, 6) is 0.157. The molecule has 7 heteroatoms. The van der Waals surface area contributed by atoms with Crippen molar-refractivity contribution in [1.82, 2.24) is 4.90 Å². The molecular weight excluding hydrogens is 376 g/mol. The average Bonchev–Trinajstić information content (AvgIpc) is 2.53. The first-order valence-corrected chi connectivity index (χ1v) is 8.23. The SMILES string of the molecule is O=C(OCc1ccccc1)N1CC(c2ccc([N+](=O)[O-])cc2Br)C1. The van der Waals surface area contributed by atoms with Gasteiger partial charge in [0.15, 0.2) is 0 Å². The maximum atomic E-state index is 12.0. The fourth-order valence-corrected chi connectivity index (χ4v) is 3.29. The van der Waals surface area contributed by atoms with Crippen LogP contribution >= 0.6 is 15.9 Å². The number of ether oxygens (including phenoxy) is 1. The first-order chi connectivity index (χ1) is 11.5. The fourth-order valence-electron chi connectivity index (χ4n) is 2.60. The zero-order valence-electron chi connectivity index (χ0n) is 12.7. The third-order valence-electron chi connectivity index (χ3n) is 3.98. The molecule has 0 saturated carbocycles. The lowest BCUT2D eigenvalue weighted by Crippen LogP contribution is -2.48. The van der Waals surface area contributed by atoms with Crippen LogP contribution in [0, 0.1) is 10.1 Å². The van der Waals surface area contributed by atoms with Crippen molar-refractivity contribution in [3.63, 3.8) is 0 Å². The Morgan fingerprint density at radius 3 is 2.58 bits per heavy atom. The highest BCUT2D eigenvalue weighted by Gasteiger charge is 2.34. The monoisotopic (exact) mass is 390 g/mol. The lowest BCUT2D eigenvalue weighted by atomic mass is 9.92. The Bertz CT molecular complexity index is 760. The van der Waals surface area contributed by atoms with E-state index in [2.05, 4.69) is 15.9 Å². The van der Waals surface area contributed by atoms with Crippen molar-refractivity contribution in [1.29, 1.82) is 0 Å². The molecular formula is C17H15BrN2O4. The van der Waals surface area contributed by atoms with E-state index < -0.39 is 4.92 Å². The first-order valence-electron chi connectivity index (χ1n) is 7.44. The molecule has 0 bridgehead atoms. The van der Waals surface area contributed by atoms with Gasteiger partial charge in [-0.2, -0.15) is 0 Å². The second kappa shape index (κ2) is 7.00. The number of hydrogen-bond acceptors (Lipinski definition) is 4. The predicted octanol–water partition coefficient (Wildman–Crippen LogP) is 4.09.